The molecular formula is C12H20ClNO4S. The van der Waals surface area contributed by atoms with E-state index < -0.39 is 21.3 Å². The number of ether oxygens (including phenoxy) is 1. The first-order chi connectivity index (χ1) is 8.96. The van der Waals surface area contributed by atoms with Gasteiger partial charge in [-0.3, -0.25) is 4.79 Å². The van der Waals surface area contributed by atoms with Crippen LogP contribution in [0.2, 0.25) is 0 Å². The first-order valence-electron chi connectivity index (χ1n) is 6.72. The number of nitrogens with one attached hydrogen (secondary N) is 1. The second-order valence-corrected chi connectivity index (χ2v) is 8.01. The smallest absolute Gasteiger partial charge is 0.220 e. The normalized spacial score (nSPS) is 34.1. The van der Waals surface area contributed by atoms with Gasteiger partial charge >= 0.3 is 0 Å². The minimum Gasteiger partial charge on any atom is -0.378 e. The predicted molar refractivity (Wildman–Crippen MR) is 73.1 cm³/mol. The Labute approximate surface area is 118 Å². The summed E-state index contributed by atoms with van der Waals surface area (Å²) in [6.45, 7) is 0.775. The van der Waals surface area contributed by atoms with Crippen LogP contribution >= 0.6 is 11.6 Å². The van der Waals surface area contributed by atoms with Crippen LogP contribution in [0.1, 0.15) is 32.1 Å². The van der Waals surface area contributed by atoms with E-state index in [2.05, 4.69) is 5.32 Å². The van der Waals surface area contributed by atoms with Crippen molar-refractivity contribution in [3.63, 3.8) is 0 Å². The summed E-state index contributed by atoms with van der Waals surface area (Å²) in [5.74, 6) is -0.236. The van der Waals surface area contributed by atoms with Crippen LogP contribution in [0.3, 0.4) is 0 Å². The van der Waals surface area contributed by atoms with E-state index in [1.54, 1.807) is 0 Å². The number of carbonyl (C=O) groups is 1. The molecule has 0 aliphatic carbocycles. The third-order valence-electron chi connectivity index (χ3n) is 3.60. The van der Waals surface area contributed by atoms with Gasteiger partial charge in [0.15, 0.2) is 9.84 Å². The van der Waals surface area contributed by atoms with Crippen LogP contribution in [-0.2, 0) is 19.4 Å². The molecule has 3 unspecified atom stereocenters. The molecule has 2 heterocycles. The molecule has 0 bridgehead atoms. The summed E-state index contributed by atoms with van der Waals surface area (Å²) < 4.78 is 28.3. The van der Waals surface area contributed by atoms with Crippen molar-refractivity contribution in [2.75, 3.05) is 18.1 Å². The highest BCUT2D eigenvalue weighted by molar-refractivity contribution is 7.91. The van der Waals surface area contributed by atoms with Crippen molar-refractivity contribution in [2.24, 2.45) is 0 Å². The van der Waals surface area contributed by atoms with Gasteiger partial charge in [0, 0.05) is 13.0 Å². The highest BCUT2D eigenvalue weighted by atomic mass is 35.5. The Kier molecular flexibility index (Phi) is 5.09. The number of amides is 1. The maximum atomic E-state index is 11.8. The van der Waals surface area contributed by atoms with E-state index in [4.69, 9.17) is 16.3 Å². The van der Waals surface area contributed by atoms with Crippen LogP contribution in [0.15, 0.2) is 0 Å². The second kappa shape index (κ2) is 6.41. The Hall–Kier alpha value is -0.330. The van der Waals surface area contributed by atoms with Crippen LogP contribution in [0.4, 0.5) is 0 Å². The molecule has 2 aliphatic rings. The van der Waals surface area contributed by atoms with Gasteiger partial charge in [-0.05, 0) is 25.7 Å². The Morgan fingerprint density at radius 3 is 2.68 bits per heavy atom. The molecule has 0 aromatic carbocycles. The number of sulfone groups is 1. The summed E-state index contributed by atoms with van der Waals surface area (Å²) in [7, 11) is -3.10. The number of halogens is 1. The first kappa shape index (κ1) is 15.1. The van der Waals surface area contributed by atoms with E-state index in [1.807, 2.05) is 0 Å². The molecule has 2 rings (SSSR count). The fraction of sp³-hybridized carbons (Fsp3) is 0.917. The number of hydrogen-bond donors (Lipinski definition) is 1. The molecule has 2 aliphatic heterocycles. The summed E-state index contributed by atoms with van der Waals surface area (Å²) in [6, 6.07) is -0.452. The maximum Gasteiger partial charge on any atom is 0.220 e. The van der Waals surface area contributed by atoms with Gasteiger partial charge in [-0.15, -0.1) is 11.6 Å². The molecule has 2 saturated heterocycles. The van der Waals surface area contributed by atoms with Crippen molar-refractivity contribution < 1.29 is 17.9 Å². The lowest BCUT2D eigenvalue weighted by atomic mass is 10.0. The van der Waals surface area contributed by atoms with Crippen molar-refractivity contribution in [1.29, 1.82) is 0 Å². The van der Waals surface area contributed by atoms with E-state index in [9.17, 15) is 13.2 Å². The Balaban J connectivity index is 1.72. The zero-order chi connectivity index (χ0) is 13.9. The Bertz CT molecular complexity index is 419. The van der Waals surface area contributed by atoms with Crippen molar-refractivity contribution in [1.82, 2.24) is 5.32 Å². The molecule has 0 radical (unpaired) electrons. The number of hydrogen-bond acceptors (Lipinski definition) is 4. The van der Waals surface area contributed by atoms with Crippen molar-refractivity contribution in [3.8, 4) is 0 Å². The monoisotopic (exact) mass is 309 g/mol. The maximum absolute atomic E-state index is 11.8. The fourth-order valence-electron chi connectivity index (χ4n) is 2.54. The molecule has 0 aromatic rings. The number of alkyl halides is 1. The van der Waals surface area contributed by atoms with E-state index in [-0.39, 0.29) is 23.5 Å². The third kappa shape index (κ3) is 4.61. The molecule has 19 heavy (non-hydrogen) atoms. The zero-order valence-electron chi connectivity index (χ0n) is 10.8. The molecule has 3 atom stereocenters. The standard InChI is InChI=1S/C12H20ClNO4S/c13-10-7-19(16,17)8-11(10)14-12(15)5-4-9-3-1-2-6-18-9/h9-11H,1-8H2,(H,14,15). The molecule has 110 valence electrons. The minimum atomic E-state index is -3.10. The summed E-state index contributed by atoms with van der Waals surface area (Å²) in [5.41, 5.74) is 0. The van der Waals surface area contributed by atoms with Gasteiger partial charge in [0.05, 0.1) is 29.0 Å². The van der Waals surface area contributed by atoms with Gasteiger partial charge < -0.3 is 10.1 Å². The lowest BCUT2D eigenvalue weighted by Crippen LogP contribution is -2.40. The lowest BCUT2D eigenvalue weighted by molar-refractivity contribution is -0.122. The van der Waals surface area contributed by atoms with Crippen LogP contribution < -0.4 is 5.32 Å². The predicted octanol–water partition coefficient (Wildman–Crippen LogP) is 0.856. The SMILES string of the molecule is O=C(CCC1CCCCO1)NC1CS(=O)(=O)CC1Cl. The van der Waals surface area contributed by atoms with Crippen LogP contribution in [0, 0.1) is 0 Å². The molecule has 0 aromatic heterocycles. The lowest BCUT2D eigenvalue weighted by Gasteiger charge is -2.22. The van der Waals surface area contributed by atoms with Gasteiger partial charge in [-0.2, -0.15) is 0 Å². The van der Waals surface area contributed by atoms with E-state index >= 15 is 0 Å². The molecule has 5 nitrogen and oxygen atoms in total. The first-order valence-corrected chi connectivity index (χ1v) is 8.97. The van der Waals surface area contributed by atoms with Gasteiger partial charge in [-0.25, -0.2) is 8.42 Å². The largest absolute Gasteiger partial charge is 0.378 e. The Morgan fingerprint density at radius 1 is 1.32 bits per heavy atom. The van der Waals surface area contributed by atoms with Crippen LogP contribution in [0.5, 0.6) is 0 Å². The third-order valence-corrected chi connectivity index (χ3v) is 5.97. The van der Waals surface area contributed by atoms with E-state index in [0.717, 1.165) is 25.9 Å². The minimum absolute atomic E-state index is 0.0488. The van der Waals surface area contributed by atoms with Gasteiger partial charge in [-0.1, -0.05) is 0 Å². The van der Waals surface area contributed by atoms with E-state index in [1.165, 1.54) is 0 Å². The number of carbonyl (C=O) groups excluding carboxylic acids is 1. The van der Waals surface area contributed by atoms with Crippen molar-refractivity contribution in [3.05, 3.63) is 0 Å². The summed E-state index contributed by atoms with van der Waals surface area (Å²) >= 11 is 5.94. The molecule has 0 saturated carbocycles. The average molecular weight is 310 g/mol. The molecule has 0 spiro atoms. The molecule has 2 fully saturated rings. The Morgan fingerprint density at radius 2 is 2.11 bits per heavy atom. The average Bonchev–Trinajstić information content (AvgIpc) is 2.61. The number of rotatable bonds is 4. The van der Waals surface area contributed by atoms with Gasteiger partial charge in [0.2, 0.25) is 5.91 Å². The highest BCUT2D eigenvalue weighted by Crippen LogP contribution is 2.19. The quantitative estimate of drug-likeness (QED) is 0.782. The van der Waals surface area contributed by atoms with Crippen LogP contribution in [-0.4, -0.2) is 50.0 Å². The fourth-order valence-corrected chi connectivity index (χ4v) is 5.09. The summed E-state index contributed by atoms with van der Waals surface area (Å²) in [6.07, 6.45) is 4.47. The van der Waals surface area contributed by atoms with Gasteiger partial charge in [0.25, 0.3) is 0 Å². The molecule has 7 heteroatoms. The van der Waals surface area contributed by atoms with E-state index in [0.29, 0.717) is 12.8 Å². The molecular weight excluding hydrogens is 290 g/mol. The molecule has 1 N–H and O–H groups in total. The van der Waals surface area contributed by atoms with Crippen molar-refractivity contribution in [2.45, 2.75) is 49.6 Å². The summed E-state index contributed by atoms with van der Waals surface area (Å²) in [5, 5.41) is 2.20. The topological polar surface area (TPSA) is 72.5 Å². The second-order valence-electron chi connectivity index (χ2n) is 5.29. The van der Waals surface area contributed by atoms with Crippen LogP contribution in [0.25, 0.3) is 0 Å². The highest BCUT2D eigenvalue weighted by Gasteiger charge is 2.37. The van der Waals surface area contributed by atoms with Gasteiger partial charge in [0.1, 0.15) is 0 Å². The van der Waals surface area contributed by atoms with Crippen molar-refractivity contribution >= 4 is 27.3 Å². The summed E-state index contributed by atoms with van der Waals surface area (Å²) in [4.78, 5) is 11.8. The molecule has 1 amide bonds. The zero-order valence-corrected chi connectivity index (χ0v) is 12.4.